The van der Waals surface area contributed by atoms with Crippen LogP contribution in [0.15, 0.2) is 36.0 Å². The number of hydrogen-bond donors (Lipinski definition) is 0. The Morgan fingerprint density at radius 3 is 2.58 bits per heavy atom. The van der Waals surface area contributed by atoms with Crippen molar-refractivity contribution < 1.29 is 0 Å². The Bertz CT molecular complexity index is 249. The molecule has 0 aromatic heterocycles. The first-order chi connectivity index (χ1) is 5.83. The summed E-state index contributed by atoms with van der Waals surface area (Å²) >= 11 is 0. The highest BCUT2D eigenvalue weighted by Gasteiger charge is 1.89. The summed E-state index contributed by atoms with van der Waals surface area (Å²) in [5.41, 5.74) is 9.40. The third-order valence-electron chi connectivity index (χ3n) is 1.66. The summed E-state index contributed by atoms with van der Waals surface area (Å²) in [6.07, 6.45) is 3.83. The van der Waals surface area contributed by atoms with Gasteiger partial charge in [0.05, 0.1) is 0 Å². The molecule has 0 unspecified atom stereocenters. The van der Waals surface area contributed by atoms with E-state index in [0.717, 1.165) is 18.4 Å². The average molecular weight is 160 g/mol. The Hall–Kier alpha value is -1.24. The lowest BCUT2D eigenvalue weighted by Gasteiger charge is -1.96. The van der Waals surface area contributed by atoms with Crippen molar-refractivity contribution in [3.63, 3.8) is 0 Å². The minimum absolute atomic E-state index is 0.712. The van der Waals surface area contributed by atoms with E-state index in [-0.39, 0.29) is 0 Å². The van der Waals surface area contributed by atoms with Crippen molar-refractivity contribution in [2.24, 2.45) is 0 Å². The Labute approximate surface area is 73.9 Å². The van der Waals surface area contributed by atoms with Gasteiger partial charge < -0.3 is 5.73 Å². The van der Waals surface area contributed by atoms with Crippen molar-refractivity contribution in [1.82, 2.24) is 5.73 Å². The first-order valence-corrected chi connectivity index (χ1v) is 4.30. The summed E-state index contributed by atoms with van der Waals surface area (Å²) in [6, 6.07) is 10.0. The van der Waals surface area contributed by atoms with Crippen molar-refractivity contribution in [2.75, 3.05) is 0 Å². The number of nitrogens with one attached hydrogen (secondary N) is 1. The molecule has 0 aliphatic heterocycles. The maximum absolute atomic E-state index is 7.57. The number of hydrogen-bond acceptors (Lipinski definition) is 0. The average Bonchev–Trinajstić information content (AvgIpc) is 2.06. The second-order valence-electron chi connectivity index (χ2n) is 2.83. The van der Waals surface area contributed by atoms with Gasteiger partial charge in [-0.25, -0.2) is 0 Å². The molecule has 12 heavy (non-hydrogen) atoms. The number of benzene rings is 1. The molecule has 1 rings (SSSR count). The molecule has 0 atom stereocenters. The van der Waals surface area contributed by atoms with E-state index in [1.54, 1.807) is 0 Å². The van der Waals surface area contributed by atoms with Crippen LogP contribution >= 0.6 is 0 Å². The molecule has 0 fully saturated rings. The van der Waals surface area contributed by atoms with Gasteiger partial charge >= 0.3 is 0 Å². The largest absolute Gasteiger partial charge is 0.305 e. The van der Waals surface area contributed by atoms with Crippen LogP contribution in [-0.4, -0.2) is 0 Å². The van der Waals surface area contributed by atoms with E-state index in [1.807, 2.05) is 36.4 Å². The van der Waals surface area contributed by atoms with Crippen LogP contribution in [0.4, 0.5) is 0 Å². The molecular formula is C11H14N. The zero-order valence-electron chi connectivity index (χ0n) is 7.38. The molecule has 0 aliphatic carbocycles. The maximum atomic E-state index is 7.57. The number of allylic oxidation sites excluding steroid dienone is 1. The molecule has 1 aromatic rings. The monoisotopic (exact) mass is 160 g/mol. The van der Waals surface area contributed by atoms with Gasteiger partial charge in [-0.3, -0.25) is 0 Å². The van der Waals surface area contributed by atoms with E-state index in [4.69, 9.17) is 5.73 Å². The molecule has 0 saturated carbocycles. The zero-order chi connectivity index (χ0) is 8.81. The van der Waals surface area contributed by atoms with Gasteiger partial charge in [-0.15, -0.1) is 0 Å². The summed E-state index contributed by atoms with van der Waals surface area (Å²) in [5.74, 6) is 0. The fourth-order valence-electron chi connectivity index (χ4n) is 1.09. The van der Waals surface area contributed by atoms with E-state index in [1.165, 1.54) is 0 Å². The van der Waals surface area contributed by atoms with Crippen molar-refractivity contribution >= 4 is 6.08 Å². The first-order valence-electron chi connectivity index (χ1n) is 4.30. The smallest absolute Gasteiger partial charge is 0.0319 e. The second kappa shape index (κ2) is 4.60. The SMILES string of the molecule is CCC/C([NH])=C/c1ccccc1. The lowest BCUT2D eigenvalue weighted by molar-refractivity contribution is 0.891. The Morgan fingerprint density at radius 1 is 1.33 bits per heavy atom. The van der Waals surface area contributed by atoms with Crippen LogP contribution in [-0.2, 0) is 0 Å². The molecule has 1 N–H and O–H groups in total. The van der Waals surface area contributed by atoms with Gasteiger partial charge in [-0.05, 0) is 18.1 Å². The fraction of sp³-hybridized carbons (Fsp3) is 0.273. The first kappa shape index (κ1) is 8.85. The predicted octanol–water partition coefficient (Wildman–Crippen LogP) is 3.11. The summed E-state index contributed by atoms with van der Waals surface area (Å²) in [7, 11) is 0. The van der Waals surface area contributed by atoms with Gasteiger partial charge in [0.2, 0.25) is 0 Å². The molecule has 0 bridgehead atoms. The lowest BCUT2D eigenvalue weighted by atomic mass is 10.1. The molecule has 0 spiro atoms. The number of rotatable bonds is 3. The van der Waals surface area contributed by atoms with Crippen molar-refractivity contribution in [2.45, 2.75) is 19.8 Å². The van der Waals surface area contributed by atoms with Crippen molar-refractivity contribution in [3.05, 3.63) is 41.6 Å². The van der Waals surface area contributed by atoms with E-state index in [9.17, 15) is 0 Å². The third-order valence-corrected chi connectivity index (χ3v) is 1.66. The van der Waals surface area contributed by atoms with E-state index >= 15 is 0 Å². The fourth-order valence-corrected chi connectivity index (χ4v) is 1.09. The highest BCUT2D eigenvalue weighted by Crippen LogP contribution is 2.07. The van der Waals surface area contributed by atoms with E-state index in [0.29, 0.717) is 5.70 Å². The summed E-state index contributed by atoms with van der Waals surface area (Å²) < 4.78 is 0. The summed E-state index contributed by atoms with van der Waals surface area (Å²) in [6.45, 7) is 2.09. The highest BCUT2D eigenvalue weighted by atomic mass is 14.6. The molecule has 0 aliphatic rings. The van der Waals surface area contributed by atoms with Gasteiger partial charge in [-0.1, -0.05) is 43.7 Å². The van der Waals surface area contributed by atoms with Crippen LogP contribution in [0.1, 0.15) is 25.3 Å². The van der Waals surface area contributed by atoms with Gasteiger partial charge in [0, 0.05) is 5.70 Å². The van der Waals surface area contributed by atoms with Gasteiger partial charge in [0.1, 0.15) is 0 Å². The quantitative estimate of drug-likeness (QED) is 0.648. The minimum Gasteiger partial charge on any atom is -0.305 e. The maximum Gasteiger partial charge on any atom is 0.0319 e. The molecular weight excluding hydrogens is 146 g/mol. The Kier molecular flexibility index (Phi) is 3.39. The molecule has 0 heterocycles. The van der Waals surface area contributed by atoms with Crippen LogP contribution < -0.4 is 5.73 Å². The minimum atomic E-state index is 0.712. The van der Waals surface area contributed by atoms with Crippen LogP contribution in [0.25, 0.3) is 6.08 Å². The van der Waals surface area contributed by atoms with Crippen molar-refractivity contribution in [1.29, 1.82) is 0 Å². The molecule has 1 heteroatoms. The van der Waals surface area contributed by atoms with Crippen LogP contribution in [0.3, 0.4) is 0 Å². The molecule has 0 saturated heterocycles. The molecule has 1 nitrogen and oxygen atoms in total. The molecule has 1 aromatic carbocycles. The summed E-state index contributed by atoms with van der Waals surface area (Å²) in [4.78, 5) is 0. The van der Waals surface area contributed by atoms with Crippen LogP contribution in [0, 0.1) is 0 Å². The lowest BCUT2D eigenvalue weighted by Crippen LogP contribution is -1.82. The van der Waals surface area contributed by atoms with E-state index < -0.39 is 0 Å². The third kappa shape index (κ3) is 2.79. The molecule has 0 amide bonds. The second-order valence-corrected chi connectivity index (χ2v) is 2.83. The zero-order valence-corrected chi connectivity index (χ0v) is 7.38. The normalized spacial score (nSPS) is 11.6. The topological polar surface area (TPSA) is 23.8 Å². The highest BCUT2D eigenvalue weighted by molar-refractivity contribution is 5.51. The Balaban J connectivity index is 2.67. The van der Waals surface area contributed by atoms with Gasteiger partial charge in [0.15, 0.2) is 0 Å². The van der Waals surface area contributed by atoms with E-state index in [2.05, 4.69) is 6.92 Å². The van der Waals surface area contributed by atoms with Crippen LogP contribution in [0.5, 0.6) is 0 Å². The van der Waals surface area contributed by atoms with Gasteiger partial charge in [-0.2, -0.15) is 0 Å². The standard InChI is InChI=1S/C11H14N/c1-2-6-11(12)9-10-7-4-3-5-8-10/h3-5,7-9,12H,2,6H2,1H3/b11-9-. The van der Waals surface area contributed by atoms with Gasteiger partial charge in [0.25, 0.3) is 0 Å². The molecule has 63 valence electrons. The Morgan fingerprint density at radius 2 is 2.00 bits per heavy atom. The summed E-state index contributed by atoms with van der Waals surface area (Å²) in [5, 5.41) is 0. The predicted molar refractivity (Wildman–Crippen MR) is 52.4 cm³/mol. The molecule has 1 radical (unpaired) electrons. The van der Waals surface area contributed by atoms with Crippen LogP contribution in [0.2, 0.25) is 0 Å². The van der Waals surface area contributed by atoms with Crippen molar-refractivity contribution in [3.8, 4) is 0 Å².